The van der Waals surface area contributed by atoms with Gasteiger partial charge in [0.15, 0.2) is 0 Å². The molecule has 3 rings (SSSR count). The molecule has 0 saturated carbocycles. The van der Waals surface area contributed by atoms with E-state index in [2.05, 4.69) is 20.0 Å². The van der Waals surface area contributed by atoms with Crippen molar-refractivity contribution in [2.45, 2.75) is 17.9 Å². The van der Waals surface area contributed by atoms with Gasteiger partial charge in [0.1, 0.15) is 4.90 Å². The van der Waals surface area contributed by atoms with Gasteiger partial charge >= 0.3 is 0 Å². The molecule has 0 aliphatic carbocycles. The van der Waals surface area contributed by atoms with Gasteiger partial charge in [-0.2, -0.15) is 8.42 Å². The zero-order valence-corrected chi connectivity index (χ0v) is 13.2. The molecule has 0 fully saturated rings. The van der Waals surface area contributed by atoms with Crippen molar-refractivity contribution in [3.63, 3.8) is 0 Å². The van der Waals surface area contributed by atoms with Crippen LogP contribution in [0.1, 0.15) is 18.7 Å². The second kappa shape index (κ2) is 5.58. The Morgan fingerprint density at radius 1 is 1.27 bits per heavy atom. The van der Waals surface area contributed by atoms with Gasteiger partial charge in [0, 0.05) is 11.2 Å². The van der Waals surface area contributed by atoms with Crippen LogP contribution in [0.2, 0.25) is 5.02 Å². The fourth-order valence-corrected chi connectivity index (χ4v) is 3.45. The minimum atomic E-state index is -3.78. The van der Waals surface area contributed by atoms with E-state index in [1.807, 2.05) is 25.1 Å². The highest BCUT2D eigenvalue weighted by molar-refractivity contribution is 7.90. The van der Waals surface area contributed by atoms with Crippen LogP contribution in [0.15, 0.2) is 51.9 Å². The van der Waals surface area contributed by atoms with Crippen molar-refractivity contribution in [3.05, 3.63) is 53.3 Å². The monoisotopic (exact) mass is 336 g/mol. The van der Waals surface area contributed by atoms with Crippen LogP contribution in [0.5, 0.6) is 0 Å². The predicted octanol–water partition coefficient (Wildman–Crippen LogP) is 2.56. The molecule has 0 saturated heterocycles. The van der Waals surface area contributed by atoms with Gasteiger partial charge in [0.25, 0.3) is 10.0 Å². The average molecular weight is 337 g/mol. The number of fused-ring (bicyclic) bond motifs is 1. The molecular weight excluding hydrogens is 324 g/mol. The topological polar surface area (TPSA) is 83.5 Å². The first kappa shape index (κ1) is 14.8. The molecule has 0 spiro atoms. The lowest BCUT2D eigenvalue weighted by Crippen LogP contribution is -2.36. The Morgan fingerprint density at radius 3 is 2.82 bits per heavy atom. The number of nitrogens with one attached hydrogen (secondary N) is 2. The summed E-state index contributed by atoms with van der Waals surface area (Å²) in [6.45, 7) is 1.87. The first-order valence-electron chi connectivity index (χ1n) is 6.55. The molecule has 1 aromatic heterocycles. The normalized spacial score (nSPS) is 16.9. The summed E-state index contributed by atoms with van der Waals surface area (Å²) < 4.78 is 28.2. The number of nitrogens with zero attached hydrogens (tertiary/aromatic N) is 2. The summed E-state index contributed by atoms with van der Waals surface area (Å²) >= 11 is 5.84. The van der Waals surface area contributed by atoms with Crippen LogP contribution in [0, 0.1) is 0 Å². The third-order valence-corrected chi connectivity index (χ3v) is 4.72. The SMILES string of the molecule is CC(NC1=NS(=O)(=O)c2cc(Cl)ccc2N1)c1ccccn1. The molecule has 0 amide bonds. The smallest absolute Gasteiger partial charge is 0.287 e. The van der Waals surface area contributed by atoms with Crippen molar-refractivity contribution in [2.75, 3.05) is 5.32 Å². The molecule has 0 radical (unpaired) electrons. The van der Waals surface area contributed by atoms with E-state index in [0.717, 1.165) is 5.69 Å². The molecule has 2 heterocycles. The Hall–Kier alpha value is -2.12. The summed E-state index contributed by atoms with van der Waals surface area (Å²) in [5.41, 5.74) is 1.22. The fraction of sp³-hybridized carbons (Fsp3) is 0.143. The lowest BCUT2D eigenvalue weighted by atomic mass is 10.2. The number of aromatic nitrogens is 1. The Labute approximate surface area is 133 Å². The van der Waals surface area contributed by atoms with E-state index in [0.29, 0.717) is 10.7 Å². The molecular formula is C14H13ClN4O2S. The summed E-state index contributed by atoms with van der Waals surface area (Å²) in [6.07, 6.45) is 1.68. The van der Waals surface area contributed by atoms with E-state index in [1.165, 1.54) is 6.07 Å². The van der Waals surface area contributed by atoms with Gasteiger partial charge in [0.05, 0.1) is 17.4 Å². The highest BCUT2D eigenvalue weighted by atomic mass is 35.5. The van der Waals surface area contributed by atoms with Crippen LogP contribution in [0.25, 0.3) is 0 Å². The molecule has 22 heavy (non-hydrogen) atoms. The minimum absolute atomic E-state index is 0.0658. The summed E-state index contributed by atoms with van der Waals surface area (Å²) in [4.78, 5) is 4.29. The van der Waals surface area contributed by atoms with Gasteiger partial charge in [0.2, 0.25) is 5.96 Å². The van der Waals surface area contributed by atoms with Crippen molar-refractivity contribution in [1.29, 1.82) is 0 Å². The number of pyridine rings is 1. The number of sulfonamides is 1. The summed E-state index contributed by atoms with van der Waals surface area (Å²) in [6, 6.07) is 9.94. The maximum Gasteiger partial charge on any atom is 0.287 e. The predicted molar refractivity (Wildman–Crippen MR) is 85.5 cm³/mol. The third kappa shape index (κ3) is 2.90. The maximum absolute atomic E-state index is 12.2. The van der Waals surface area contributed by atoms with E-state index >= 15 is 0 Å². The quantitative estimate of drug-likeness (QED) is 0.880. The summed E-state index contributed by atoms with van der Waals surface area (Å²) in [5.74, 6) is 0.160. The highest BCUT2D eigenvalue weighted by Gasteiger charge is 2.26. The van der Waals surface area contributed by atoms with Gasteiger partial charge in [-0.1, -0.05) is 17.7 Å². The second-order valence-electron chi connectivity index (χ2n) is 4.80. The van der Waals surface area contributed by atoms with E-state index in [4.69, 9.17) is 11.6 Å². The number of halogens is 1. The number of hydrogen-bond acceptors (Lipinski definition) is 5. The van der Waals surface area contributed by atoms with Crippen molar-refractivity contribution >= 4 is 33.3 Å². The zero-order valence-electron chi connectivity index (χ0n) is 11.6. The number of guanidine groups is 1. The van der Waals surface area contributed by atoms with E-state index in [1.54, 1.807) is 18.3 Å². The molecule has 1 aromatic carbocycles. The van der Waals surface area contributed by atoms with Crippen LogP contribution >= 0.6 is 11.6 Å². The molecule has 0 bridgehead atoms. The van der Waals surface area contributed by atoms with Gasteiger partial charge in [-0.15, -0.1) is 4.40 Å². The molecule has 2 N–H and O–H groups in total. The number of hydrogen-bond donors (Lipinski definition) is 2. The number of benzene rings is 1. The molecule has 1 aliphatic rings. The standard InChI is InChI=1S/C14H13ClN4O2S/c1-9(11-4-2-3-7-16-11)17-14-18-12-6-5-10(15)8-13(12)22(20,21)19-14/h2-9H,1H3,(H2,17,18,19). The average Bonchev–Trinajstić information content (AvgIpc) is 2.48. The number of anilines is 1. The van der Waals surface area contributed by atoms with Crippen molar-refractivity contribution < 1.29 is 8.42 Å². The lowest BCUT2D eigenvalue weighted by molar-refractivity contribution is 0.596. The third-order valence-electron chi connectivity index (χ3n) is 3.17. The van der Waals surface area contributed by atoms with Crippen LogP contribution in [0.4, 0.5) is 5.69 Å². The summed E-state index contributed by atoms with van der Waals surface area (Å²) in [5, 5.41) is 6.31. The Kier molecular flexibility index (Phi) is 3.76. The van der Waals surface area contributed by atoms with Gasteiger partial charge in [-0.25, -0.2) is 0 Å². The Bertz CT molecular complexity index is 837. The fourth-order valence-electron chi connectivity index (χ4n) is 2.11. The van der Waals surface area contributed by atoms with Crippen LogP contribution in [0.3, 0.4) is 0 Å². The molecule has 114 valence electrons. The van der Waals surface area contributed by atoms with Crippen molar-refractivity contribution in [2.24, 2.45) is 4.40 Å². The van der Waals surface area contributed by atoms with Gasteiger partial charge < -0.3 is 10.6 Å². The molecule has 2 aromatic rings. The van der Waals surface area contributed by atoms with Crippen LogP contribution in [-0.2, 0) is 10.0 Å². The van der Waals surface area contributed by atoms with Crippen LogP contribution in [-0.4, -0.2) is 19.4 Å². The van der Waals surface area contributed by atoms with Gasteiger partial charge in [-0.3, -0.25) is 4.98 Å². The highest BCUT2D eigenvalue weighted by Crippen LogP contribution is 2.29. The molecule has 1 unspecified atom stereocenters. The Balaban J connectivity index is 1.89. The zero-order chi connectivity index (χ0) is 15.7. The molecule has 6 nitrogen and oxygen atoms in total. The van der Waals surface area contributed by atoms with Crippen LogP contribution < -0.4 is 10.6 Å². The van der Waals surface area contributed by atoms with Crippen molar-refractivity contribution in [3.8, 4) is 0 Å². The second-order valence-corrected chi connectivity index (χ2v) is 6.81. The molecule has 1 atom stereocenters. The first-order chi connectivity index (χ1) is 10.5. The van der Waals surface area contributed by atoms with Crippen molar-refractivity contribution in [1.82, 2.24) is 10.3 Å². The first-order valence-corrected chi connectivity index (χ1v) is 8.36. The summed E-state index contributed by atoms with van der Waals surface area (Å²) in [7, 11) is -3.78. The minimum Gasteiger partial charge on any atom is -0.347 e. The van der Waals surface area contributed by atoms with E-state index < -0.39 is 10.0 Å². The van der Waals surface area contributed by atoms with E-state index in [9.17, 15) is 8.42 Å². The Morgan fingerprint density at radius 2 is 2.09 bits per heavy atom. The maximum atomic E-state index is 12.2. The molecule has 1 aliphatic heterocycles. The lowest BCUT2D eigenvalue weighted by Gasteiger charge is -2.22. The molecule has 8 heteroatoms. The van der Waals surface area contributed by atoms with E-state index in [-0.39, 0.29) is 16.9 Å². The largest absolute Gasteiger partial charge is 0.347 e. The van der Waals surface area contributed by atoms with Gasteiger partial charge in [-0.05, 0) is 37.3 Å². The number of rotatable bonds is 2.